The van der Waals surface area contributed by atoms with Crippen LogP contribution in [0.15, 0.2) is 42.5 Å². The molecule has 0 aliphatic heterocycles. The molecule has 1 aromatic carbocycles. The van der Waals surface area contributed by atoms with Gasteiger partial charge in [0.1, 0.15) is 0 Å². The van der Waals surface area contributed by atoms with Crippen LogP contribution in [0.3, 0.4) is 0 Å². The van der Waals surface area contributed by atoms with Crippen molar-refractivity contribution in [2.45, 2.75) is 43.9 Å². The maximum atomic E-state index is 9.70. The molecule has 1 aromatic rings. The normalized spacial score (nSPS) is 49.1. The van der Waals surface area contributed by atoms with E-state index in [2.05, 4.69) is 48.6 Å². The second-order valence-corrected chi connectivity index (χ2v) is 8.07. The number of hydrogen-bond acceptors (Lipinski definition) is 1. The van der Waals surface area contributed by atoms with Gasteiger partial charge in [-0.25, -0.2) is 0 Å². The highest BCUT2D eigenvalue weighted by Gasteiger charge is 2.65. The number of allylic oxidation sites excluding steroid dienone is 2. The summed E-state index contributed by atoms with van der Waals surface area (Å²) in [6, 6.07) is 13.8. The van der Waals surface area contributed by atoms with Crippen molar-refractivity contribution in [1.29, 1.82) is 5.26 Å². The van der Waals surface area contributed by atoms with Crippen LogP contribution in [-0.2, 0) is 5.41 Å². The van der Waals surface area contributed by atoms with Crippen molar-refractivity contribution >= 4 is 0 Å². The largest absolute Gasteiger partial charge is 0.198 e. The number of nitriles is 1. The van der Waals surface area contributed by atoms with Crippen LogP contribution in [0, 0.1) is 34.0 Å². The van der Waals surface area contributed by atoms with Crippen LogP contribution in [0.5, 0.6) is 0 Å². The molecule has 1 nitrogen and oxygen atoms in total. The van der Waals surface area contributed by atoms with E-state index in [4.69, 9.17) is 0 Å². The number of fused-ring (bicyclic) bond motifs is 1. The van der Waals surface area contributed by atoms with Gasteiger partial charge in [-0.2, -0.15) is 5.26 Å². The lowest BCUT2D eigenvalue weighted by molar-refractivity contribution is -0.115. The molecule has 5 bridgehead atoms. The predicted octanol–water partition coefficient (Wildman–Crippen LogP) is 4.60. The fourth-order valence-electron chi connectivity index (χ4n) is 6.35. The van der Waals surface area contributed by atoms with E-state index in [1.54, 1.807) is 0 Å². The average molecular weight is 275 g/mol. The highest BCUT2D eigenvalue weighted by molar-refractivity contribution is 5.40. The van der Waals surface area contributed by atoms with Crippen LogP contribution in [0.2, 0.25) is 0 Å². The Balaban J connectivity index is 1.64. The molecule has 1 spiro atoms. The van der Waals surface area contributed by atoms with Crippen molar-refractivity contribution < 1.29 is 0 Å². The van der Waals surface area contributed by atoms with Crippen molar-refractivity contribution in [3.8, 4) is 6.07 Å². The first-order valence-electron chi connectivity index (χ1n) is 8.38. The molecule has 4 saturated carbocycles. The fourth-order valence-corrected chi connectivity index (χ4v) is 6.35. The van der Waals surface area contributed by atoms with Crippen molar-refractivity contribution in [1.82, 2.24) is 0 Å². The molecule has 1 heteroatoms. The minimum Gasteiger partial charge on any atom is -0.198 e. The van der Waals surface area contributed by atoms with E-state index in [9.17, 15) is 5.26 Å². The van der Waals surface area contributed by atoms with Crippen molar-refractivity contribution in [3.05, 3.63) is 48.0 Å². The maximum absolute atomic E-state index is 9.70. The molecule has 0 radical (unpaired) electrons. The second-order valence-electron chi connectivity index (χ2n) is 8.07. The standard InChI is InChI=1S/C20H21N/c21-14-18-6-8-20-9-7-19(12-16(20)10-18,13-17(20)11-18)15-4-2-1-3-5-15/h1-5,7,9,16-17H,6,8,10-13H2. The fraction of sp³-hybridized carbons (Fsp3) is 0.550. The molecular formula is C20H21N. The number of rotatable bonds is 1. The number of benzene rings is 1. The van der Waals surface area contributed by atoms with Gasteiger partial charge >= 0.3 is 0 Å². The first-order valence-corrected chi connectivity index (χ1v) is 8.38. The maximum Gasteiger partial charge on any atom is 0.0689 e. The Kier molecular flexibility index (Phi) is 2.07. The van der Waals surface area contributed by atoms with E-state index in [1.807, 2.05) is 0 Å². The summed E-state index contributed by atoms with van der Waals surface area (Å²) < 4.78 is 0. The predicted molar refractivity (Wildman–Crippen MR) is 82.4 cm³/mol. The van der Waals surface area contributed by atoms with Crippen LogP contribution in [0.1, 0.15) is 44.1 Å². The molecule has 21 heavy (non-hydrogen) atoms. The van der Waals surface area contributed by atoms with E-state index >= 15 is 0 Å². The summed E-state index contributed by atoms with van der Waals surface area (Å²) in [5.74, 6) is 1.48. The topological polar surface area (TPSA) is 23.8 Å². The molecule has 0 aromatic heterocycles. The van der Waals surface area contributed by atoms with E-state index in [0.717, 1.165) is 31.1 Å². The van der Waals surface area contributed by atoms with E-state index in [0.29, 0.717) is 5.41 Å². The van der Waals surface area contributed by atoms with Gasteiger partial charge < -0.3 is 0 Å². The summed E-state index contributed by atoms with van der Waals surface area (Å²) in [6.45, 7) is 0. The molecule has 106 valence electrons. The highest BCUT2D eigenvalue weighted by atomic mass is 14.7. The Morgan fingerprint density at radius 2 is 1.62 bits per heavy atom. The zero-order valence-electron chi connectivity index (χ0n) is 12.4. The minimum absolute atomic E-state index is 0.0190. The van der Waals surface area contributed by atoms with Crippen LogP contribution < -0.4 is 0 Å². The summed E-state index contributed by atoms with van der Waals surface area (Å²) >= 11 is 0. The Labute approximate surface area is 126 Å². The summed E-state index contributed by atoms with van der Waals surface area (Å²) in [6.07, 6.45) is 12.4. The van der Waals surface area contributed by atoms with E-state index in [1.165, 1.54) is 24.8 Å². The van der Waals surface area contributed by atoms with Gasteiger partial charge in [-0.05, 0) is 61.3 Å². The van der Waals surface area contributed by atoms with Crippen LogP contribution in [0.4, 0.5) is 0 Å². The Bertz CT molecular complexity index is 647. The lowest BCUT2D eigenvalue weighted by Crippen LogP contribution is -2.60. The molecular weight excluding hydrogens is 254 g/mol. The van der Waals surface area contributed by atoms with Crippen molar-refractivity contribution in [3.63, 3.8) is 0 Å². The molecule has 0 heterocycles. The monoisotopic (exact) mass is 275 g/mol. The third kappa shape index (κ3) is 1.32. The Morgan fingerprint density at radius 3 is 2.29 bits per heavy atom. The molecule has 2 atom stereocenters. The van der Waals surface area contributed by atoms with Crippen molar-refractivity contribution in [2.24, 2.45) is 22.7 Å². The van der Waals surface area contributed by atoms with E-state index < -0.39 is 0 Å². The first-order chi connectivity index (χ1) is 10.2. The smallest absolute Gasteiger partial charge is 0.0689 e. The molecule has 0 saturated heterocycles. The second kappa shape index (κ2) is 3.61. The zero-order chi connectivity index (χ0) is 14.1. The van der Waals surface area contributed by atoms with E-state index in [-0.39, 0.29) is 10.8 Å². The van der Waals surface area contributed by atoms with Gasteiger partial charge in [0.05, 0.1) is 11.5 Å². The van der Waals surface area contributed by atoms with Gasteiger partial charge in [0.2, 0.25) is 0 Å². The van der Waals surface area contributed by atoms with Gasteiger partial charge in [0, 0.05) is 5.41 Å². The molecule has 6 aliphatic rings. The number of nitrogens with zero attached hydrogens (tertiary/aromatic N) is 1. The van der Waals surface area contributed by atoms with Gasteiger partial charge in [-0.15, -0.1) is 0 Å². The molecule has 6 aliphatic carbocycles. The summed E-state index contributed by atoms with van der Waals surface area (Å²) in [4.78, 5) is 0. The van der Waals surface area contributed by atoms with Crippen LogP contribution in [-0.4, -0.2) is 0 Å². The van der Waals surface area contributed by atoms with Gasteiger partial charge in [-0.1, -0.05) is 42.5 Å². The quantitative estimate of drug-likeness (QED) is 0.687. The molecule has 2 unspecified atom stereocenters. The third-order valence-corrected chi connectivity index (χ3v) is 7.35. The van der Waals surface area contributed by atoms with Gasteiger partial charge in [-0.3, -0.25) is 0 Å². The number of hydrogen-bond donors (Lipinski definition) is 0. The van der Waals surface area contributed by atoms with Crippen LogP contribution in [0.25, 0.3) is 0 Å². The summed E-state index contributed by atoms with van der Waals surface area (Å²) in [5, 5.41) is 9.70. The Morgan fingerprint density at radius 1 is 0.905 bits per heavy atom. The summed E-state index contributed by atoms with van der Waals surface area (Å²) in [5.41, 5.74) is 2.23. The Hall–Kier alpha value is -1.55. The first kappa shape index (κ1) is 12.0. The van der Waals surface area contributed by atoms with Crippen LogP contribution >= 0.6 is 0 Å². The molecule has 4 fully saturated rings. The molecule has 7 rings (SSSR count). The SMILES string of the molecule is N#CC12CCC34C=CC(c5ccccc5)(CC3C1)CC4C2. The van der Waals surface area contributed by atoms with Gasteiger partial charge in [0.15, 0.2) is 0 Å². The third-order valence-electron chi connectivity index (χ3n) is 7.35. The minimum atomic E-state index is 0.0190. The van der Waals surface area contributed by atoms with Crippen molar-refractivity contribution in [2.75, 3.05) is 0 Å². The molecule has 0 amide bonds. The van der Waals surface area contributed by atoms with Gasteiger partial charge in [0.25, 0.3) is 0 Å². The highest BCUT2D eigenvalue weighted by Crippen LogP contribution is 2.72. The average Bonchev–Trinajstić information content (AvgIpc) is 2.55. The lowest BCUT2D eigenvalue weighted by atomic mass is 9.36. The lowest BCUT2D eigenvalue weighted by Gasteiger charge is -2.67. The molecule has 0 N–H and O–H groups in total. The summed E-state index contributed by atoms with van der Waals surface area (Å²) in [7, 11) is 0. The zero-order valence-corrected chi connectivity index (χ0v) is 12.4.